The van der Waals surface area contributed by atoms with Crippen molar-refractivity contribution in [2.75, 3.05) is 4.72 Å². The molecule has 0 aliphatic rings. The van der Waals surface area contributed by atoms with E-state index in [-0.39, 0.29) is 11.5 Å². The first kappa shape index (κ1) is 15.5. The minimum atomic E-state index is -3.69. The predicted molar refractivity (Wildman–Crippen MR) is 84.7 cm³/mol. The van der Waals surface area contributed by atoms with E-state index < -0.39 is 10.0 Å². The third-order valence-corrected chi connectivity index (χ3v) is 6.51. The second-order valence-electron chi connectivity index (χ2n) is 4.40. The number of thiophene rings is 1. The number of aryl methyl sites for hydroxylation is 2. The van der Waals surface area contributed by atoms with E-state index in [1.165, 1.54) is 11.3 Å². The van der Waals surface area contributed by atoms with Crippen molar-refractivity contribution in [1.29, 1.82) is 0 Å². The molecule has 4 nitrogen and oxygen atoms in total. The van der Waals surface area contributed by atoms with E-state index in [1.807, 2.05) is 13.0 Å². The summed E-state index contributed by atoms with van der Waals surface area (Å²) in [6, 6.07) is 5.25. The molecular weight excluding hydrogens is 362 g/mol. The summed E-state index contributed by atoms with van der Waals surface area (Å²) in [6.45, 7) is 3.36. The van der Waals surface area contributed by atoms with Crippen molar-refractivity contribution in [3.8, 4) is 0 Å². The second kappa shape index (κ2) is 5.85. The van der Waals surface area contributed by atoms with E-state index in [4.69, 9.17) is 0 Å². The summed E-state index contributed by atoms with van der Waals surface area (Å²) in [6.07, 6.45) is 0. The minimum Gasteiger partial charge on any atom is -0.391 e. The molecule has 0 unspecified atom stereocenters. The SMILES string of the molecule is Cc1ccc(NS(=O)(=O)c2c(C)csc2CO)cc1Br. The zero-order valence-electron chi connectivity index (χ0n) is 11.0. The summed E-state index contributed by atoms with van der Waals surface area (Å²) in [7, 11) is -3.69. The molecule has 0 aliphatic heterocycles. The Morgan fingerprint density at radius 2 is 2.00 bits per heavy atom. The van der Waals surface area contributed by atoms with Crippen molar-refractivity contribution in [3.05, 3.63) is 44.1 Å². The van der Waals surface area contributed by atoms with Crippen LogP contribution in [0.5, 0.6) is 0 Å². The smallest absolute Gasteiger partial charge is 0.263 e. The molecule has 0 atom stereocenters. The fourth-order valence-electron chi connectivity index (χ4n) is 1.82. The van der Waals surface area contributed by atoms with Gasteiger partial charge in [-0.05, 0) is 42.5 Å². The van der Waals surface area contributed by atoms with E-state index >= 15 is 0 Å². The van der Waals surface area contributed by atoms with Crippen molar-refractivity contribution < 1.29 is 13.5 Å². The molecule has 1 aromatic heterocycles. The fourth-order valence-corrected chi connectivity index (χ4v) is 4.91. The molecule has 0 saturated heterocycles. The highest BCUT2D eigenvalue weighted by Crippen LogP contribution is 2.29. The highest BCUT2D eigenvalue weighted by atomic mass is 79.9. The Hall–Kier alpha value is -0.890. The molecule has 20 heavy (non-hydrogen) atoms. The van der Waals surface area contributed by atoms with Crippen molar-refractivity contribution >= 4 is 43.0 Å². The summed E-state index contributed by atoms with van der Waals surface area (Å²) in [5, 5.41) is 11.0. The third kappa shape index (κ3) is 3.06. The van der Waals surface area contributed by atoms with Gasteiger partial charge < -0.3 is 5.11 Å². The quantitative estimate of drug-likeness (QED) is 0.859. The first-order valence-corrected chi connectivity index (χ1v) is 8.97. The van der Waals surface area contributed by atoms with Gasteiger partial charge in [-0.2, -0.15) is 0 Å². The number of benzene rings is 1. The highest BCUT2D eigenvalue weighted by molar-refractivity contribution is 9.10. The molecule has 108 valence electrons. The number of anilines is 1. The van der Waals surface area contributed by atoms with Gasteiger partial charge in [0.1, 0.15) is 4.90 Å². The van der Waals surface area contributed by atoms with Crippen molar-refractivity contribution in [2.45, 2.75) is 25.3 Å². The topological polar surface area (TPSA) is 66.4 Å². The fraction of sp³-hybridized carbons (Fsp3) is 0.231. The van der Waals surface area contributed by atoms with Crippen LogP contribution in [0.1, 0.15) is 16.0 Å². The zero-order valence-corrected chi connectivity index (χ0v) is 14.2. The number of hydrogen-bond donors (Lipinski definition) is 2. The molecule has 2 aromatic rings. The molecule has 0 saturated carbocycles. The Morgan fingerprint density at radius 3 is 2.60 bits per heavy atom. The molecule has 0 aliphatic carbocycles. The Bertz CT molecular complexity index is 738. The van der Waals surface area contributed by atoms with Crippen LogP contribution in [-0.4, -0.2) is 13.5 Å². The molecule has 1 heterocycles. The summed E-state index contributed by atoms with van der Waals surface area (Å²) in [5.74, 6) is 0. The van der Waals surface area contributed by atoms with Crippen LogP contribution < -0.4 is 4.72 Å². The summed E-state index contributed by atoms with van der Waals surface area (Å²) >= 11 is 4.61. The van der Waals surface area contributed by atoms with E-state index in [0.717, 1.165) is 10.0 Å². The molecule has 0 bridgehead atoms. The molecule has 2 rings (SSSR count). The maximum atomic E-state index is 12.4. The Balaban J connectivity index is 2.40. The molecule has 0 amide bonds. The molecule has 1 aromatic carbocycles. The standard InChI is InChI=1S/C13H14BrNO3S2/c1-8-3-4-10(5-11(8)14)15-20(17,18)13-9(2)7-19-12(13)6-16/h3-5,7,15-16H,6H2,1-2H3. The van der Waals surface area contributed by atoms with Gasteiger partial charge >= 0.3 is 0 Å². The molecule has 2 N–H and O–H groups in total. The maximum Gasteiger partial charge on any atom is 0.263 e. The second-order valence-corrected chi connectivity index (χ2v) is 7.84. The van der Waals surface area contributed by atoms with Crippen molar-refractivity contribution in [2.24, 2.45) is 0 Å². The number of rotatable bonds is 4. The van der Waals surface area contributed by atoms with Crippen LogP contribution in [0.3, 0.4) is 0 Å². The van der Waals surface area contributed by atoms with E-state index in [1.54, 1.807) is 24.4 Å². The lowest BCUT2D eigenvalue weighted by Gasteiger charge is -2.10. The lowest BCUT2D eigenvalue weighted by Crippen LogP contribution is -2.15. The van der Waals surface area contributed by atoms with Gasteiger partial charge in [-0.1, -0.05) is 22.0 Å². The maximum absolute atomic E-state index is 12.4. The largest absolute Gasteiger partial charge is 0.391 e. The van der Waals surface area contributed by atoms with Crippen LogP contribution >= 0.6 is 27.3 Å². The van der Waals surface area contributed by atoms with Gasteiger partial charge in [-0.15, -0.1) is 11.3 Å². The summed E-state index contributed by atoms with van der Waals surface area (Å²) in [4.78, 5) is 0.614. The number of aliphatic hydroxyl groups excluding tert-OH is 1. The van der Waals surface area contributed by atoms with Gasteiger partial charge in [0, 0.05) is 10.2 Å². The van der Waals surface area contributed by atoms with Gasteiger partial charge in [0.15, 0.2) is 0 Å². The van der Waals surface area contributed by atoms with Crippen LogP contribution in [0.2, 0.25) is 0 Å². The van der Waals surface area contributed by atoms with E-state index in [0.29, 0.717) is 16.1 Å². The Kier molecular flexibility index (Phi) is 4.53. The first-order valence-electron chi connectivity index (χ1n) is 5.82. The van der Waals surface area contributed by atoms with Crippen LogP contribution in [0.4, 0.5) is 5.69 Å². The zero-order chi connectivity index (χ0) is 14.9. The van der Waals surface area contributed by atoms with Crippen LogP contribution in [0.25, 0.3) is 0 Å². The highest BCUT2D eigenvalue weighted by Gasteiger charge is 2.22. The normalized spacial score (nSPS) is 11.6. The first-order chi connectivity index (χ1) is 9.35. The van der Waals surface area contributed by atoms with Gasteiger partial charge in [0.25, 0.3) is 10.0 Å². The lowest BCUT2D eigenvalue weighted by molar-refractivity contribution is 0.282. The van der Waals surface area contributed by atoms with Gasteiger partial charge in [0.2, 0.25) is 0 Å². The van der Waals surface area contributed by atoms with E-state index in [2.05, 4.69) is 20.7 Å². The molecule has 7 heteroatoms. The molecule has 0 fully saturated rings. The number of halogens is 1. The van der Waals surface area contributed by atoms with Crippen LogP contribution in [0.15, 0.2) is 32.9 Å². The summed E-state index contributed by atoms with van der Waals surface area (Å²) < 4.78 is 28.2. The Morgan fingerprint density at radius 1 is 1.30 bits per heavy atom. The molecule has 0 spiro atoms. The number of aliphatic hydroxyl groups is 1. The van der Waals surface area contributed by atoms with Gasteiger partial charge in [0.05, 0.1) is 11.5 Å². The minimum absolute atomic E-state index is 0.168. The molecule has 0 radical (unpaired) electrons. The number of nitrogens with one attached hydrogen (secondary N) is 1. The third-order valence-electron chi connectivity index (χ3n) is 2.83. The summed E-state index contributed by atoms with van der Waals surface area (Å²) in [5.41, 5.74) is 2.14. The van der Waals surface area contributed by atoms with Gasteiger partial charge in [-0.3, -0.25) is 4.72 Å². The van der Waals surface area contributed by atoms with Crippen LogP contribution in [0, 0.1) is 13.8 Å². The average molecular weight is 376 g/mol. The average Bonchev–Trinajstić information content (AvgIpc) is 2.75. The number of hydrogen-bond acceptors (Lipinski definition) is 4. The van der Waals surface area contributed by atoms with E-state index in [9.17, 15) is 13.5 Å². The Labute approximate surface area is 130 Å². The predicted octanol–water partition coefficient (Wildman–Crippen LogP) is 3.42. The number of sulfonamides is 1. The van der Waals surface area contributed by atoms with Crippen molar-refractivity contribution in [3.63, 3.8) is 0 Å². The van der Waals surface area contributed by atoms with Crippen LogP contribution in [-0.2, 0) is 16.6 Å². The monoisotopic (exact) mass is 375 g/mol. The van der Waals surface area contributed by atoms with Crippen molar-refractivity contribution in [1.82, 2.24) is 0 Å². The lowest BCUT2D eigenvalue weighted by atomic mass is 10.2. The van der Waals surface area contributed by atoms with Gasteiger partial charge in [-0.25, -0.2) is 8.42 Å². The molecular formula is C13H14BrNO3S2.